The van der Waals surface area contributed by atoms with Gasteiger partial charge >= 0.3 is 5.97 Å². The fourth-order valence-corrected chi connectivity index (χ4v) is 7.46. The first kappa shape index (κ1) is 37.6. The lowest BCUT2D eigenvalue weighted by atomic mass is 9.96. The number of imide groups is 1. The molecule has 1 aliphatic heterocycles. The Morgan fingerprint density at radius 2 is 1.39 bits per heavy atom. The minimum atomic E-state index is -0.822. The predicted octanol–water partition coefficient (Wildman–Crippen LogP) is 10.1. The van der Waals surface area contributed by atoms with Crippen LogP contribution in [0, 0.1) is 0 Å². The van der Waals surface area contributed by atoms with Gasteiger partial charge in [0.25, 0.3) is 11.8 Å². The number of para-hydroxylation sites is 2. The summed E-state index contributed by atoms with van der Waals surface area (Å²) in [7, 11) is 0. The first-order valence-electron chi connectivity index (χ1n) is 19.0. The number of hydrogen-bond donors (Lipinski definition) is 0. The molecule has 0 N–H and O–H groups in total. The number of anilines is 3. The Morgan fingerprint density at radius 1 is 0.732 bits per heavy atom. The van der Waals surface area contributed by atoms with Crippen LogP contribution in [0.3, 0.4) is 0 Å². The highest BCUT2D eigenvalue weighted by molar-refractivity contribution is 6.27. The van der Waals surface area contributed by atoms with Crippen molar-refractivity contribution in [2.24, 2.45) is 10.2 Å². The molecule has 5 aromatic carbocycles. The third kappa shape index (κ3) is 6.90. The zero-order valence-corrected chi connectivity index (χ0v) is 31.7. The number of esters is 1. The number of ketones is 1. The number of amides is 2. The monoisotopic (exact) mass is 745 g/mol. The minimum Gasteiger partial charge on any atom is -0.870 e. The number of azo groups is 1. The summed E-state index contributed by atoms with van der Waals surface area (Å²) in [4.78, 5) is 58.4. The largest absolute Gasteiger partial charge is 0.870 e. The van der Waals surface area contributed by atoms with Gasteiger partial charge in [0, 0.05) is 28.7 Å². The van der Waals surface area contributed by atoms with Gasteiger partial charge in [0.05, 0.1) is 22.4 Å². The zero-order chi connectivity index (χ0) is 39.5. The molecule has 10 nitrogen and oxygen atoms in total. The van der Waals surface area contributed by atoms with Crippen LogP contribution < -0.4 is 14.7 Å². The molecule has 56 heavy (non-hydrogen) atoms. The Labute approximate surface area is 325 Å². The van der Waals surface area contributed by atoms with Gasteiger partial charge in [-0.1, -0.05) is 94.5 Å². The highest BCUT2D eigenvalue weighted by Gasteiger charge is 2.44. The van der Waals surface area contributed by atoms with E-state index in [0.717, 1.165) is 29.1 Å². The van der Waals surface area contributed by atoms with E-state index in [2.05, 4.69) is 36.2 Å². The zero-order valence-electron chi connectivity index (χ0n) is 31.7. The topological polar surface area (TPSA) is 132 Å². The molecular weight excluding hydrogens is 705 g/mol. The van der Waals surface area contributed by atoms with Crippen LogP contribution in [0.2, 0.25) is 0 Å². The maximum absolute atomic E-state index is 14.0. The lowest BCUT2D eigenvalue weighted by Gasteiger charge is -2.27. The van der Waals surface area contributed by atoms with Crippen LogP contribution in [0.15, 0.2) is 131 Å². The first-order valence-corrected chi connectivity index (χ1v) is 19.0. The fraction of sp³-hybridized carbons (Fsp3) is 0.217. The van der Waals surface area contributed by atoms with Crippen LogP contribution in [0.4, 0.5) is 22.7 Å². The molecule has 7 rings (SSSR count). The second kappa shape index (κ2) is 16.0. The Bertz CT molecular complexity index is 2400. The van der Waals surface area contributed by atoms with E-state index in [9.17, 15) is 24.3 Å². The average molecular weight is 746 g/mol. The number of rotatable bonds is 13. The summed E-state index contributed by atoms with van der Waals surface area (Å²) in [5.41, 5.74) is 3.13. The Kier molecular flexibility index (Phi) is 10.7. The molecule has 1 atom stereocenters. The van der Waals surface area contributed by atoms with Gasteiger partial charge in [-0.25, -0.2) is 4.79 Å². The van der Waals surface area contributed by atoms with Gasteiger partial charge in [0.1, 0.15) is 11.4 Å². The summed E-state index contributed by atoms with van der Waals surface area (Å²) in [6.45, 7) is 8.11. The van der Waals surface area contributed by atoms with Crippen molar-refractivity contribution in [3.63, 3.8) is 0 Å². The van der Waals surface area contributed by atoms with Gasteiger partial charge in [-0.05, 0) is 97.0 Å². The number of hydrogen-bond acceptors (Lipinski definition) is 9. The van der Waals surface area contributed by atoms with E-state index < -0.39 is 41.1 Å². The molecule has 10 heteroatoms. The molecule has 0 bridgehead atoms. The average Bonchev–Trinajstić information content (AvgIpc) is 3.62. The number of carbonyl (C=O) groups excluding carboxylic acids is 4. The molecule has 1 aliphatic carbocycles. The standard InChI is InChI=1S/C46H42N4O6/c1-5-15-28(4)29-16-14-19-32(26-29)49(31-17-10-8-11-18-31)33-22-23-35-37(27-33)43(52)41(42(35)51)48-47-38-25-24-36(46(55)56-34-20-12-9-13-21-34)39-40(38)45(54)50(44(39)53)30(6-2)7-3/h8-14,16-28,30,51H,5-7,15H2,1-4H3/p-1. The summed E-state index contributed by atoms with van der Waals surface area (Å²) >= 11 is 0. The smallest absolute Gasteiger partial charge is 0.344 e. The molecule has 0 aromatic heterocycles. The molecule has 0 fully saturated rings. The van der Waals surface area contributed by atoms with Crippen LogP contribution >= 0.6 is 0 Å². The van der Waals surface area contributed by atoms with Crippen molar-refractivity contribution >= 4 is 52.1 Å². The number of carbonyl (C=O) groups is 4. The van der Waals surface area contributed by atoms with Gasteiger partial charge in [-0.3, -0.25) is 19.3 Å². The van der Waals surface area contributed by atoms with E-state index in [1.165, 1.54) is 17.7 Å². The Hall–Kier alpha value is -6.68. The highest BCUT2D eigenvalue weighted by Crippen LogP contribution is 2.41. The quantitative estimate of drug-likeness (QED) is 0.0507. The summed E-state index contributed by atoms with van der Waals surface area (Å²) in [5.74, 6) is -2.71. The fourth-order valence-electron chi connectivity index (χ4n) is 7.46. The van der Waals surface area contributed by atoms with Crippen molar-refractivity contribution in [2.45, 2.75) is 65.3 Å². The number of benzene rings is 5. The highest BCUT2D eigenvalue weighted by atomic mass is 16.5. The van der Waals surface area contributed by atoms with Crippen molar-refractivity contribution < 1.29 is 29.0 Å². The summed E-state index contributed by atoms with van der Waals surface area (Å²) < 4.78 is 5.54. The molecule has 1 heterocycles. The molecule has 0 saturated carbocycles. The molecular formula is C46H41N4O6-. The lowest BCUT2D eigenvalue weighted by molar-refractivity contribution is -0.244. The number of allylic oxidation sites excluding steroid dienone is 1. The van der Waals surface area contributed by atoms with Crippen molar-refractivity contribution in [3.05, 3.63) is 154 Å². The molecule has 0 spiro atoms. The number of nitrogens with zero attached hydrogens (tertiary/aromatic N) is 4. The summed E-state index contributed by atoms with van der Waals surface area (Å²) in [5, 5.41) is 22.1. The molecule has 0 saturated heterocycles. The van der Waals surface area contributed by atoms with E-state index in [-0.39, 0.29) is 39.3 Å². The van der Waals surface area contributed by atoms with Gasteiger partial charge < -0.3 is 14.7 Å². The SMILES string of the molecule is CCCC(C)c1cccc(N(c2ccccc2)c2ccc3c(c2)C(=O)C(N=Nc2ccc(C(=O)Oc4ccccc4)c4c2C(=O)N(C(CC)CC)C4=O)=C3[O-])c1. The van der Waals surface area contributed by atoms with Gasteiger partial charge in [-0.15, -0.1) is 10.2 Å². The lowest BCUT2D eigenvalue weighted by Crippen LogP contribution is -2.39. The molecule has 0 radical (unpaired) electrons. The first-order chi connectivity index (χ1) is 27.2. The van der Waals surface area contributed by atoms with Gasteiger partial charge in [0.2, 0.25) is 5.78 Å². The maximum Gasteiger partial charge on any atom is 0.344 e. The molecule has 5 aromatic rings. The molecule has 2 amide bonds. The van der Waals surface area contributed by atoms with E-state index in [0.29, 0.717) is 24.4 Å². The molecule has 282 valence electrons. The van der Waals surface area contributed by atoms with Crippen LogP contribution in [0.25, 0.3) is 5.76 Å². The summed E-state index contributed by atoms with van der Waals surface area (Å²) in [6, 6.07) is 33.9. The van der Waals surface area contributed by atoms with Crippen molar-refractivity contribution in [1.82, 2.24) is 4.90 Å². The van der Waals surface area contributed by atoms with Crippen LogP contribution in [-0.2, 0) is 0 Å². The second-order valence-electron chi connectivity index (χ2n) is 13.9. The number of ether oxygens (including phenoxy) is 1. The third-order valence-corrected chi connectivity index (χ3v) is 10.4. The molecule has 1 unspecified atom stereocenters. The predicted molar refractivity (Wildman–Crippen MR) is 213 cm³/mol. The van der Waals surface area contributed by atoms with Crippen molar-refractivity contribution in [2.75, 3.05) is 4.90 Å². The van der Waals surface area contributed by atoms with E-state index in [1.807, 2.05) is 61.2 Å². The third-order valence-electron chi connectivity index (χ3n) is 10.4. The van der Waals surface area contributed by atoms with Gasteiger partial charge in [0.15, 0.2) is 0 Å². The number of Topliss-reactive ketones (excluding diaryl/α,β-unsaturated/α-hetero) is 1. The van der Waals surface area contributed by atoms with Crippen LogP contribution in [0.1, 0.15) is 112 Å². The van der Waals surface area contributed by atoms with E-state index >= 15 is 0 Å². The maximum atomic E-state index is 14.0. The van der Waals surface area contributed by atoms with Crippen molar-refractivity contribution in [1.29, 1.82) is 0 Å². The van der Waals surface area contributed by atoms with Crippen LogP contribution in [-0.4, -0.2) is 34.5 Å². The normalized spacial score (nSPS) is 14.2. The second-order valence-corrected chi connectivity index (χ2v) is 13.9. The summed E-state index contributed by atoms with van der Waals surface area (Å²) in [6.07, 6.45) is 3.10. The Morgan fingerprint density at radius 3 is 2.09 bits per heavy atom. The van der Waals surface area contributed by atoms with Gasteiger partial charge in [-0.2, -0.15) is 0 Å². The van der Waals surface area contributed by atoms with E-state index in [1.54, 1.807) is 48.5 Å². The minimum absolute atomic E-state index is 0.0553. The molecule has 2 aliphatic rings. The van der Waals surface area contributed by atoms with Crippen molar-refractivity contribution in [3.8, 4) is 5.75 Å². The Balaban J connectivity index is 1.24. The van der Waals surface area contributed by atoms with Crippen LogP contribution in [0.5, 0.6) is 5.75 Å². The number of fused-ring (bicyclic) bond motifs is 2. The van der Waals surface area contributed by atoms with E-state index in [4.69, 9.17) is 4.74 Å².